The first-order valence-electron chi connectivity index (χ1n) is 8.28. The summed E-state index contributed by atoms with van der Waals surface area (Å²) in [5.41, 5.74) is 1.53. The minimum absolute atomic E-state index is 0.0632. The number of amides is 1. The maximum atomic E-state index is 12.6. The molecule has 0 bridgehead atoms. The van der Waals surface area contributed by atoms with Gasteiger partial charge in [-0.3, -0.25) is 4.79 Å². The Hall–Kier alpha value is -3.00. The Morgan fingerprint density at radius 3 is 2.72 bits per heavy atom. The largest absolute Gasteiger partial charge is 0.497 e. The Labute approximate surface area is 147 Å². The van der Waals surface area contributed by atoms with Gasteiger partial charge in [-0.05, 0) is 42.7 Å². The fraction of sp³-hybridized carbons (Fsp3) is 0.300. The molecule has 1 fully saturated rings. The van der Waals surface area contributed by atoms with Gasteiger partial charge in [-0.25, -0.2) is 0 Å². The molecule has 1 amide bonds. The summed E-state index contributed by atoms with van der Waals surface area (Å²) in [6.07, 6.45) is 1.91. The van der Waals surface area contributed by atoms with E-state index in [1.54, 1.807) is 31.4 Å². The predicted octanol–water partition coefficient (Wildman–Crippen LogP) is 3.31. The summed E-state index contributed by atoms with van der Waals surface area (Å²) in [5, 5.41) is 9.09. The topological polar surface area (TPSA) is 62.6 Å². The lowest BCUT2D eigenvalue weighted by Gasteiger charge is -2.25. The second-order valence-electron chi connectivity index (χ2n) is 5.91. The highest BCUT2D eigenvalue weighted by molar-refractivity contribution is 5.78. The van der Waals surface area contributed by atoms with Crippen molar-refractivity contribution in [2.45, 2.75) is 18.9 Å². The van der Waals surface area contributed by atoms with Crippen molar-refractivity contribution in [3.8, 4) is 17.6 Å². The maximum Gasteiger partial charge on any atom is 0.261 e. The van der Waals surface area contributed by atoms with Gasteiger partial charge in [-0.1, -0.05) is 24.3 Å². The SMILES string of the molecule is COc1ccc([C@@H]2CCCN2C(=O)COc2ccccc2C#N)cc1. The van der Waals surface area contributed by atoms with Gasteiger partial charge in [0.15, 0.2) is 6.61 Å². The zero-order valence-corrected chi connectivity index (χ0v) is 14.1. The fourth-order valence-corrected chi connectivity index (χ4v) is 3.15. The minimum Gasteiger partial charge on any atom is -0.497 e. The summed E-state index contributed by atoms with van der Waals surface area (Å²) in [6.45, 7) is 0.657. The lowest BCUT2D eigenvalue weighted by molar-refractivity contribution is -0.134. The van der Waals surface area contributed by atoms with Gasteiger partial charge in [0.1, 0.15) is 17.6 Å². The summed E-state index contributed by atoms with van der Waals surface area (Å²) in [7, 11) is 1.64. The number of hydrogen-bond donors (Lipinski definition) is 0. The van der Waals surface area contributed by atoms with E-state index in [4.69, 9.17) is 14.7 Å². The number of nitrogens with zero attached hydrogens (tertiary/aromatic N) is 2. The van der Waals surface area contributed by atoms with Gasteiger partial charge in [0.05, 0.1) is 18.7 Å². The molecule has 1 aliphatic rings. The Balaban J connectivity index is 1.67. The number of nitriles is 1. The van der Waals surface area contributed by atoms with Crippen molar-refractivity contribution in [3.05, 3.63) is 59.7 Å². The van der Waals surface area contributed by atoms with Crippen LogP contribution in [-0.2, 0) is 4.79 Å². The summed E-state index contributed by atoms with van der Waals surface area (Å²) in [5.74, 6) is 1.18. The van der Waals surface area contributed by atoms with E-state index in [1.165, 1.54) is 0 Å². The zero-order chi connectivity index (χ0) is 17.6. The molecule has 0 aliphatic carbocycles. The number of likely N-dealkylation sites (tertiary alicyclic amines) is 1. The standard InChI is InChI=1S/C20H20N2O3/c1-24-17-10-8-15(9-11-17)18-6-4-12-22(18)20(23)14-25-19-7-3-2-5-16(19)13-21/h2-3,5,7-11,18H,4,6,12,14H2,1H3/t18-/m0/s1. The fourth-order valence-electron chi connectivity index (χ4n) is 3.15. The zero-order valence-electron chi connectivity index (χ0n) is 14.1. The van der Waals surface area contributed by atoms with Crippen molar-refractivity contribution in [1.82, 2.24) is 4.90 Å². The van der Waals surface area contributed by atoms with Crippen LogP contribution < -0.4 is 9.47 Å². The highest BCUT2D eigenvalue weighted by atomic mass is 16.5. The quantitative estimate of drug-likeness (QED) is 0.840. The number of rotatable bonds is 5. The average molecular weight is 336 g/mol. The van der Waals surface area contributed by atoms with Crippen molar-refractivity contribution < 1.29 is 14.3 Å². The first-order valence-corrected chi connectivity index (χ1v) is 8.28. The van der Waals surface area contributed by atoms with Crippen LogP contribution in [0.5, 0.6) is 11.5 Å². The molecule has 1 atom stereocenters. The van der Waals surface area contributed by atoms with Crippen LogP contribution in [0, 0.1) is 11.3 Å². The second-order valence-corrected chi connectivity index (χ2v) is 5.91. The van der Waals surface area contributed by atoms with E-state index in [2.05, 4.69) is 6.07 Å². The Morgan fingerprint density at radius 2 is 2.00 bits per heavy atom. The molecule has 5 heteroatoms. The molecule has 3 rings (SSSR count). The van der Waals surface area contributed by atoms with Crippen molar-refractivity contribution in [1.29, 1.82) is 5.26 Å². The van der Waals surface area contributed by atoms with Gasteiger partial charge < -0.3 is 14.4 Å². The molecule has 0 saturated carbocycles. The molecule has 1 heterocycles. The molecule has 1 aliphatic heterocycles. The van der Waals surface area contributed by atoms with Gasteiger partial charge in [0.2, 0.25) is 0 Å². The molecule has 2 aromatic rings. The van der Waals surface area contributed by atoms with Gasteiger partial charge in [-0.15, -0.1) is 0 Å². The van der Waals surface area contributed by atoms with E-state index in [0.717, 1.165) is 30.7 Å². The molecule has 0 unspecified atom stereocenters. The number of carbonyl (C=O) groups excluding carboxylic acids is 1. The van der Waals surface area contributed by atoms with Crippen LogP contribution in [0.15, 0.2) is 48.5 Å². The van der Waals surface area contributed by atoms with Gasteiger partial charge in [0, 0.05) is 6.54 Å². The van der Waals surface area contributed by atoms with Crippen molar-refractivity contribution >= 4 is 5.91 Å². The molecule has 128 valence electrons. The number of benzene rings is 2. The van der Waals surface area contributed by atoms with Crippen LogP contribution in [-0.4, -0.2) is 31.1 Å². The van der Waals surface area contributed by atoms with E-state index in [0.29, 0.717) is 11.3 Å². The molecule has 2 aromatic carbocycles. The van der Waals surface area contributed by atoms with Crippen LogP contribution >= 0.6 is 0 Å². The lowest BCUT2D eigenvalue weighted by Crippen LogP contribution is -2.34. The highest BCUT2D eigenvalue weighted by Gasteiger charge is 2.30. The monoisotopic (exact) mass is 336 g/mol. The Bertz CT molecular complexity index is 780. The summed E-state index contributed by atoms with van der Waals surface area (Å²) >= 11 is 0. The van der Waals surface area contributed by atoms with Crippen molar-refractivity contribution in [2.24, 2.45) is 0 Å². The first kappa shape index (κ1) is 16.8. The molecule has 0 spiro atoms. The third-order valence-corrected chi connectivity index (χ3v) is 4.43. The molecule has 0 radical (unpaired) electrons. The van der Waals surface area contributed by atoms with Crippen LogP contribution in [0.2, 0.25) is 0 Å². The Kier molecular flexibility index (Phi) is 5.20. The van der Waals surface area contributed by atoms with Crippen LogP contribution in [0.25, 0.3) is 0 Å². The van der Waals surface area contributed by atoms with Gasteiger partial charge in [-0.2, -0.15) is 5.26 Å². The molecule has 0 N–H and O–H groups in total. The third kappa shape index (κ3) is 3.74. The van der Waals surface area contributed by atoms with E-state index >= 15 is 0 Å². The van der Waals surface area contributed by atoms with Crippen molar-refractivity contribution in [2.75, 3.05) is 20.3 Å². The predicted molar refractivity (Wildman–Crippen MR) is 93.3 cm³/mol. The molecule has 25 heavy (non-hydrogen) atoms. The first-order chi connectivity index (χ1) is 12.2. The molecular weight excluding hydrogens is 316 g/mol. The van der Waals surface area contributed by atoms with Crippen molar-refractivity contribution in [3.63, 3.8) is 0 Å². The number of hydrogen-bond acceptors (Lipinski definition) is 4. The molecule has 5 nitrogen and oxygen atoms in total. The number of para-hydroxylation sites is 1. The Morgan fingerprint density at radius 1 is 1.24 bits per heavy atom. The minimum atomic E-state index is -0.0641. The smallest absolute Gasteiger partial charge is 0.261 e. The number of methoxy groups -OCH3 is 1. The average Bonchev–Trinajstić information content (AvgIpc) is 3.16. The molecular formula is C20H20N2O3. The highest BCUT2D eigenvalue weighted by Crippen LogP contribution is 2.32. The van der Waals surface area contributed by atoms with E-state index in [9.17, 15) is 4.79 Å². The van der Waals surface area contributed by atoms with Crippen LogP contribution in [0.1, 0.15) is 30.0 Å². The summed E-state index contributed by atoms with van der Waals surface area (Å²) < 4.78 is 10.8. The summed E-state index contributed by atoms with van der Waals surface area (Å²) in [4.78, 5) is 14.5. The van der Waals surface area contributed by atoms with E-state index in [1.807, 2.05) is 29.2 Å². The second kappa shape index (κ2) is 7.71. The normalized spacial score (nSPS) is 16.3. The lowest BCUT2D eigenvalue weighted by atomic mass is 10.0. The molecule has 1 saturated heterocycles. The third-order valence-electron chi connectivity index (χ3n) is 4.43. The number of ether oxygens (including phenoxy) is 2. The van der Waals surface area contributed by atoms with Gasteiger partial charge in [0.25, 0.3) is 5.91 Å². The maximum absolute atomic E-state index is 12.6. The van der Waals surface area contributed by atoms with Crippen LogP contribution in [0.3, 0.4) is 0 Å². The molecule has 0 aromatic heterocycles. The van der Waals surface area contributed by atoms with Crippen LogP contribution in [0.4, 0.5) is 0 Å². The number of carbonyl (C=O) groups is 1. The summed E-state index contributed by atoms with van der Waals surface area (Å²) in [6, 6.07) is 16.9. The van der Waals surface area contributed by atoms with E-state index in [-0.39, 0.29) is 18.6 Å². The van der Waals surface area contributed by atoms with E-state index < -0.39 is 0 Å². The van der Waals surface area contributed by atoms with Gasteiger partial charge >= 0.3 is 0 Å².